The summed E-state index contributed by atoms with van der Waals surface area (Å²) >= 11 is 8.90. The molecule has 0 saturated heterocycles. The Morgan fingerprint density at radius 3 is 2.67 bits per heavy atom. The SMILES string of the molecule is O=C(NCc1ccc(F)cc1)c1nnc(/C(Cl)=C/c2ccsc2)s1. The number of carbonyl (C=O) groups excluding carboxylic acids is 1. The molecule has 1 aromatic carbocycles. The van der Waals surface area contributed by atoms with Crippen LogP contribution in [0.1, 0.15) is 25.9 Å². The zero-order valence-corrected chi connectivity index (χ0v) is 14.6. The second kappa shape index (κ2) is 7.65. The zero-order valence-electron chi connectivity index (χ0n) is 12.2. The second-order valence-corrected chi connectivity index (χ2v) is 6.94. The lowest BCUT2D eigenvalue weighted by atomic mass is 10.2. The van der Waals surface area contributed by atoms with Crippen molar-refractivity contribution in [1.82, 2.24) is 15.5 Å². The van der Waals surface area contributed by atoms with Gasteiger partial charge in [0, 0.05) is 6.54 Å². The van der Waals surface area contributed by atoms with Gasteiger partial charge in [0.05, 0.1) is 5.03 Å². The Kier molecular flexibility index (Phi) is 5.34. The molecule has 2 aromatic heterocycles. The Labute approximate surface area is 150 Å². The Morgan fingerprint density at radius 2 is 1.96 bits per heavy atom. The van der Waals surface area contributed by atoms with Crippen LogP contribution in [0.5, 0.6) is 0 Å². The molecular formula is C16H11ClFN3OS2. The summed E-state index contributed by atoms with van der Waals surface area (Å²) < 4.78 is 12.8. The molecule has 0 radical (unpaired) electrons. The third kappa shape index (κ3) is 4.25. The lowest BCUT2D eigenvalue weighted by Gasteiger charge is -2.02. The molecule has 0 atom stereocenters. The highest BCUT2D eigenvalue weighted by Crippen LogP contribution is 2.25. The van der Waals surface area contributed by atoms with Crippen molar-refractivity contribution in [3.05, 3.63) is 68.1 Å². The van der Waals surface area contributed by atoms with Crippen LogP contribution in [-0.2, 0) is 6.54 Å². The van der Waals surface area contributed by atoms with Crippen molar-refractivity contribution in [2.45, 2.75) is 6.54 Å². The van der Waals surface area contributed by atoms with Gasteiger partial charge in [-0.05, 0) is 46.2 Å². The fraction of sp³-hybridized carbons (Fsp3) is 0.0625. The molecule has 24 heavy (non-hydrogen) atoms. The number of hydrogen-bond donors (Lipinski definition) is 1. The van der Waals surface area contributed by atoms with Gasteiger partial charge < -0.3 is 5.32 Å². The van der Waals surface area contributed by atoms with E-state index in [1.54, 1.807) is 29.5 Å². The van der Waals surface area contributed by atoms with Crippen molar-refractivity contribution in [1.29, 1.82) is 0 Å². The van der Waals surface area contributed by atoms with E-state index in [1.165, 1.54) is 12.1 Å². The van der Waals surface area contributed by atoms with Crippen LogP contribution in [0.2, 0.25) is 0 Å². The fourth-order valence-electron chi connectivity index (χ4n) is 1.84. The lowest BCUT2D eigenvalue weighted by molar-refractivity contribution is 0.0950. The summed E-state index contributed by atoms with van der Waals surface area (Å²) in [5.41, 5.74) is 1.77. The molecular weight excluding hydrogens is 369 g/mol. The highest BCUT2D eigenvalue weighted by molar-refractivity contribution is 7.15. The van der Waals surface area contributed by atoms with Crippen molar-refractivity contribution < 1.29 is 9.18 Å². The van der Waals surface area contributed by atoms with E-state index < -0.39 is 0 Å². The molecule has 122 valence electrons. The van der Waals surface area contributed by atoms with Crippen LogP contribution in [0.25, 0.3) is 11.1 Å². The lowest BCUT2D eigenvalue weighted by Crippen LogP contribution is -2.22. The standard InChI is InChI=1S/C16H11ClFN3OS2/c17-13(7-11-5-6-23-9-11)15-20-21-16(24-15)14(22)19-8-10-1-3-12(18)4-2-10/h1-7,9H,8H2,(H,19,22)/b13-7-. The van der Waals surface area contributed by atoms with Crippen LogP contribution in [0, 0.1) is 5.82 Å². The number of benzene rings is 1. The van der Waals surface area contributed by atoms with Gasteiger partial charge in [0.25, 0.3) is 5.91 Å². The Balaban J connectivity index is 1.64. The fourth-order valence-corrected chi connectivity index (χ4v) is 3.40. The van der Waals surface area contributed by atoms with Crippen molar-refractivity contribution in [3.8, 4) is 0 Å². The van der Waals surface area contributed by atoms with Gasteiger partial charge in [-0.15, -0.1) is 10.2 Å². The van der Waals surface area contributed by atoms with Gasteiger partial charge >= 0.3 is 0 Å². The summed E-state index contributed by atoms with van der Waals surface area (Å²) in [5.74, 6) is -0.658. The summed E-state index contributed by atoms with van der Waals surface area (Å²) in [7, 11) is 0. The van der Waals surface area contributed by atoms with Gasteiger partial charge in [-0.2, -0.15) is 11.3 Å². The van der Waals surface area contributed by atoms with Crippen LogP contribution in [0.15, 0.2) is 41.1 Å². The van der Waals surface area contributed by atoms with Crippen molar-refractivity contribution >= 4 is 51.3 Å². The number of nitrogens with zero attached hydrogens (tertiary/aromatic N) is 2. The average Bonchev–Trinajstić information content (AvgIpc) is 3.25. The molecule has 0 spiro atoms. The first kappa shape index (κ1) is 16.8. The maximum Gasteiger partial charge on any atom is 0.282 e. The smallest absolute Gasteiger partial charge is 0.282 e. The first-order chi connectivity index (χ1) is 11.6. The molecule has 0 aliphatic rings. The van der Waals surface area contributed by atoms with Crippen LogP contribution < -0.4 is 5.32 Å². The zero-order chi connectivity index (χ0) is 16.9. The number of carbonyl (C=O) groups is 1. The maximum atomic E-state index is 12.8. The Hall–Kier alpha value is -2.09. The van der Waals surface area contributed by atoms with Crippen molar-refractivity contribution in [3.63, 3.8) is 0 Å². The summed E-state index contributed by atoms with van der Waals surface area (Å²) in [5, 5.41) is 15.6. The van der Waals surface area contributed by atoms with Gasteiger partial charge in [0.2, 0.25) is 5.01 Å². The molecule has 4 nitrogen and oxygen atoms in total. The van der Waals surface area contributed by atoms with Crippen LogP contribution >= 0.6 is 34.3 Å². The first-order valence-corrected chi connectivity index (χ1v) is 9.01. The molecule has 0 bridgehead atoms. The number of halogens is 2. The largest absolute Gasteiger partial charge is 0.346 e. The predicted octanol–water partition coefficient (Wildman–Crippen LogP) is 4.41. The van der Waals surface area contributed by atoms with Gasteiger partial charge in [0.15, 0.2) is 5.01 Å². The maximum absolute atomic E-state index is 12.8. The molecule has 1 amide bonds. The third-order valence-corrected chi connectivity index (χ3v) is 5.08. The van der Waals surface area contributed by atoms with Crippen LogP contribution in [0.4, 0.5) is 4.39 Å². The van der Waals surface area contributed by atoms with E-state index in [9.17, 15) is 9.18 Å². The van der Waals surface area contributed by atoms with E-state index in [-0.39, 0.29) is 23.3 Å². The molecule has 3 rings (SSSR count). The summed E-state index contributed by atoms with van der Waals surface area (Å²) in [6, 6.07) is 7.85. The predicted molar refractivity (Wildman–Crippen MR) is 95.5 cm³/mol. The highest BCUT2D eigenvalue weighted by Gasteiger charge is 2.14. The molecule has 8 heteroatoms. The Morgan fingerprint density at radius 1 is 1.21 bits per heavy atom. The molecule has 0 saturated carbocycles. The molecule has 3 aromatic rings. The van der Waals surface area contributed by atoms with Crippen LogP contribution in [-0.4, -0.2) is 16.1 Å². The molecule has 1 N–H and O–H groups in total. The normalized spacial score (nSPS) is 11.5. The minimum absolute atomic E-state index is 0.226. The summed E-state index contributed by atoms with van der Waals surface area (Å²) in [4.78, 5) is 12.1. The van der Waals surface area contributed by atoms with Gasteiger partial charge in [-0.25, -0.2) is 4.39 Å². The quantitative estimate of drug-likeness (QED) is 0.714. The van der Waals surface area contributed by atoms with Gasteiger partial charge in [0.1, 0.15) is 5.82 Å². The minimum atomic E-state index is -0.344. The van der Waals surface area contributed by atoms with E-state index >= 15 is 0 Å². The number of hydrogen-bond acceptors (Lipinski definition) is 5. The van der Waals surface area contributed by atoms with E-state index in [0.717, 1.165) is 22.5 Å². The number of nitrogens with one attached hydrogen (secondary N) is 1. The molecule has 0 aliphatic heterocycles. The third-order valence-electron chi connectivity index (χ3n) is 3.03. The molecule has 0 aliphatic carbocycles. The van der Waals surface area contributed by atoms with Crippen molar-refractivity contribution in [2.24, 2.45) is 0 Å². The number of rotatable bonds is 5. The molecule has 0 fully saturated rings. The van der Waals surface area contributed by atoms with Crippen LogP contribution in [0.3, 0.4) is 0 Å². The van der Waals surface area contributed by atoms with Crippen molar-refractivity contribution in [2.75, 3.05) is 0 Å². The monoisotopic (exact) mass is 379 g/mol. The summed E-state index contributed by atoms with van der Waals surface area (Å²) in [6.45, 7) is 0.284. The van der Waals surface area contributed by atoms with E-state index in [4.69, 9.17) is 11.6 Å². The van der Waals surface area contributed by atoms with E-state index in [1.807, 2.05) is 16.8 Å². The van der Waals surface area contributed by atoms with E-state index in [2.05, 4.69) is 15.5 Å². The van der Waals surface area contributed by atoms with Gasteiger partial charge in [-0.1, -0.05) is 35.1 Å². The number of amides is 1. The number of thiophene rings is 1. The molecule has 2 heterocycles. The molecule has 0 unspecified atom stereocenters. The number of aromatic nitrogens is 2. The second-order valence-electron chi connectivity index (χ2n) is 4.77. The minimum Gasteiger partial charge on any atom is -0.346 e. The van der Waals surface area contributed by atoms with E-state index in [0.29, 0.717) is 10.0 Å². The average molecular weight is 380 g/mol. The first-order valence-electron chi connectivity index (χ1n) is 6.88. The Bertz CT molecular complexity index is 860. The van der Waals surface area contributed by atoms with Gasteiger partial charge in [-0.3, -0.25) is 4.79 Å². The highest BCUT2D eigenvalue weighted by atomic mass is 35.5. The topological polar surface area (TPSA) is 54.9 Å². The summed E-state index contributed by atoms with van der Waals surface area (Å²) in [6.07, 6.45) is 1.78.